The number of nitrogens with zero attached hydrogens (tertiary/aromatic N) is 3. The molecule has 0 unspecified atom stereocenters. The first-order valence-corrected chi connectivity index (χ1v) is 6.94. The van der Waals surface area contributed by atoms with Crippen molar-refractivity contribution in [2.45, 2.75) is 39.3 Å². The third kappa shape index (κ3) is 7.55. The van der Waals surface area contributed by atoms with E-state index in [2.05, 4.69) is 41.2 Å². The van der Waals surface area contributed by atoms with Gasteiger partial charge < -0.3 is 5.32 Å². The molecular formula is C15H24N4. The van der Waals surface area contributed by atoms with E-state index >= 15 is 0 Å². The number of pyridine rings is 1. The number of hydrogen-bond donors (Lipinski definition) is 1. The third-order valence-corrected chi connectivity index (χ3v) is 2.87. The first-order chi connectivity index (χ1) is 9.22. The molecule has 0 radical (unpaired) electrons. The van der Waals surface area contributed by atoms with Crippen molar-refractivity contribution >= 4 is 0 Å². The van der Waals surface area contributed by atoms with Gasteiger partial charge in [0.05, 0.1) is 6.07 Å². The first kappa shape index (κ1) is 15.6. The summed E-state index contributed by atoms with van der Waals surface area (Å²) in [6.07, 6.45) is 5.36. The fourth-order valence-electron chi connectivity index (χ4n) is 1.92. The van der Waals surface area contributed by atoms with Gasteiger partial charge in [-0.05, 0) is 31.1 Å². The summed E-state index contributed by atoms with van der Waals surface area (Å²) in [7, 11) is 0. The maximum Gasteiger partial charge on any atom is 0.0635 e. The van der Waals surface area contributed by atoms with Crippen molar-refractivity contribution in [2.24, 2.45) is 0 Å². The number of hydrogen-bond acceptors (Lipinski definition) is 4. The van der Waals surface area contributed by atoms with Gasteiger partial charge in [0.2, 0.25) is 0 Å². The fourth-order valence-corrected chi connectivity index (χ4v) is 1.92. The summed E-state index contributed by atoms with van der Waals surface area (Å²) in [6.45, 7) is 8.04. The molecule has 0 aromatic carbocycles. The maximum absolute atomic E-state index is 8.72. The molecule has 4 heteroatoms. The van der Waals surface area contributed by atoms with Crippen LogP contribution in [0.3, 0.4) is 0 Å². The first-order valence-electron chi connectivity index (χ1n) is 6.94. The number of nitrogens with one attached hydrogen (secondary N) is 1. The number of rotatable bonds is 9. The van der Waals surface area contributed by atoms with E-state index in [0.717, 1.165) is 32.6 Å². The van der Waals surface area contributed by atoms with Crippen LogP contribution in [0.1, 0.15) is 32.3 Å². The zero-order chi connectivity index (χ0) is 13.9. The lowest BCUT2D eigenvalue weighted by Gasteiger charge is -2.21. The molecule has 0 fully saturated rings. The van der Waals surface area contributed by atoms with Crippen LogP contribution in [0, 0.1) is 11.3 Å². The van der Waals surface area contributed by atoms with Crippen LogP contribution < -0.4 is 5.32 Å². The van der Waals surface area contributed by atoms with E-state index in [0.29, 0.717) is 12.5 Å². The lowest BCUT2D eigenvalue weighted by molar-refractivity contribution is 0.265. The predicted octanol–water partition coefficient (Wildman–Crippen LogP) is 2.19. The highest BCUT2D eigenvalue weighted by atomic mass is 15.1. The molecule has 0 spiro atoms. The van der Waals surface area contributed by atoms with Gasteiger partial charge in [0.25, 0.3) is 0 Å². The standard InChI is InChI=1S/C15H24N4/c1-14(2)18-9-5-11-19(10-4-7-16)13-15-6-3-8-17-12-15/h3,6,8,12,14,18H,4-5,9-11,13H2,1-2H3. The summed E-state index contributed by atoms with van der Waals surface area (Å²) >= 11 is 0. The summed E-state index contributed by atoms with van der Waals surface area (Å²) in [5, 5.41) is 12.1. The molecule has 0 bridgehead atoms. The minimum Gasteiger partial charge on any atom is -0.314 e. The molecule has 0 saturated heterocycles. The van der Waals surface area contributed by atoms with Gasteiger partial charge in [0.1, 0.15) is 0 Å². The molecule has 0 saturated carbocycles. The molecule has 4 nitrogen and oxygen atoms in total. The minimum atomic E-state index is 0.533. The summed E-state index contributed by atoms with van der Waals surface area (Å²) in [6, 6.07) is 6.79. The van der Waals surface area contributed by atoms with Crippen LogP contribution in [0.15, 0.2) is 24.5 Å². The van der Waals surface area contributed by atoms with Crippen molar-refractivity contribution < 1.29 is 0 Å². The second kappa shape index (κ2) is 9.48. The van der Waals surface area contributed by atoms with Crippen molar-refractivity contribution in [3.63, 3.8) is 0 Å². The second-order valence-corrected chi connectivity index (χ2v) is 5.01. The van der Waals surface area contributed by atoms with Crippen molar-refractivity contribution in [3.05, 3.63) is 30.1 Å². The van der Waals surface area contributed by atoms with Crippen LogP contribution in [0.2, 0.25) is 0 Å². The Morgan fingerprint density at radius 1 is 1.42 bits per heavy atom. The lowest BCUT2D eigenvalue weighted by atomic mass is 10.2. The van der Waals surface area contributed by atoms with Crippen LogP contribution in [0.25, 0.3) is 0 Å². The van der Waals surface area contributed by atoms with Crippen LogP contribution >= 0.6 is 0 Å². The van der Waals surface area contributed by atoms with Gasteiger partial charge in [-0.15, -0.1) is 0 Å². The van der Waals surface area contributed by atoms with E-state index in [-0.39, 0.29) is 0 Å². The molecule has 0 amide bonds. The van der Waals surface area contributed by atoms with Gasteiger partial charge in [0.15, 0.2) is 0 Å². The molecule has 1 rings (SSSR count). The summed E-state index contributed by atoms with van der Waals surface area (Å²) in [5.41, 5.74) is 1.21. The monoisotopic (exact) mass is 260 g/mol. The summed E-state index contributed by atoms with van der Waals surface area (Å²) < 4.78 is 0. The molecule has 1 heterocycles. The quantitative estimate of drug-likeness (QED) is 0.691. The molecular weight excluding hydrogens is 236 g/mol. The average Bonchev–Trinajstić information content (AvgIpc) is 2.41. The molecule has 19 heavy (non-hydrogen) atoms. The molecule has 1 N–H and O–H groups in total. The van der Waals surface area contributed by atoms with E-state index in [1.807, 2.05) is 12.3 Å². The Kier molecular flexibility index (Phi) is 7.80. The highest BCUT2D eigenvalue weighted by Gasteiger charge is 2.05. The Balaban J connectivity index is 2.36. The summed E-state index contributed by atoms with van der Waals surface area (Å²) in [5.74, 6) is 0. The van der Waals surface area contributed by atoms with Gasteiger partial charge in [-0.3, -0.25) is 9.88 Å². The van der Waals surface area contributed by atoms with Gasteiger partial charge in [-0.25, -0.2) is 0 Å². The van der Waals surface area contributed by atoms with Crippen LogP contribution in [0.5, 0.6) is 0 Å². The highest BCUT2D eigenvalue weighted by molar-refractivity contribution is 5.08. The minimum absolute atomic E-state index is 0.533. The SMILES string of the molecule is CC(C)NCCCN(CCC#N)Cc1cccnc1. The Morgan fingerprint density at radius 2 is 2.26 bits per heavy atom. The summed E-state index contributed by atoms with van der Waals surface area (Å²) in [4.78, 5) is 6.46. The number of aromatic nitrogens is 1. The van der Waals surface area contributed by atoms with Gasteiger partial charge in [-0.2, -0.15) is 5.26 Å². The van der Waals surface area contributed by atoms with Crippen LogP contribution in [-0.4, -0.2) is 35.6 Å². The topological polar surface area (TPSA) is 52.0 Å². The van der Waals surface area contributed by atoms with E-state index in [1.54, 1.807) is 6.20 Å². The predicted molar refractivity (Wildman–Crippen MR) is 77.5 cm³/mol. The Morgan fingerprint density at radius 3 is 2.89 bits per heavy atom. The van der Waals surface area contributed by atoms with Gasteiger partial charge >= 0.3 is 0 Å². The maximum atomic E-state index is 8.72. The van der Waals surface area contributed by atoms with E-state index in [4.69, 9.17) is 5.26 Å². The average molecular weight is 260 g/mol. The second-order valence-electron chi connectivity index (χ2n) is 5.01. The third-order valence-electron chi connectivity index (χ3n) is 2.87. The molecule has 1 aromatic rings. The Labute approximate surface area is 116 Å². The van der Waals surface area contributed by atoms with Crippen molar-refractivity contribution in [1.29, 1.82) is 5.26 Å². The van der Waals surface area contributed by atoms with Crippen LogP contribution in [0.4, 0.5) is 0 Å². The molecule has 0 aliphatic heterocycles. The molecule has 0 aliphatic carbocycles. The Bertz CT molecular complexity index is 369. The molecule has 0 aliphatic rings. The van der Waals surface area contributed by atoms with Crippen molar-refractivity contribution in [3.8, 4) is 6.07 Å². The lowest BCUT2D eigenvalue weighted by Crippen LogP contribution is -2.30. The fraction of sp³-hybridized carbons (Fsp3) is 0.600. The number of nitriles is 1. The van der Waals surface area contributed by atoms with E-state index in [9.17, 15) is 0 Å². The highest BCUT2D eigenvalue weighted by Crippen LogP contribution is 2.04. The van der Waals surface area contributed by atoms with Crippen LogP contribution in [-0.2, 0) is 6.54 Å². The Hall–Kier alpha value is -1.44. The van der Waals surface area contributed by atoms with Gasteiger partial charge in [0, 0.05) is 37.9 Å². The van der Waals surface area contributed by atoms with Crippen molar-refractivity contribution in [2.75, 3.05) is 19.6 Å². The smallest absolute Gasteiger partial charge is 0.0635 e. The van der Waals surface area contributed by atoms with Gasteiger partial charge in [-0.1, -0.05) is 19.9 Å². The normalized spacial score (nSPS) is 10.9. The van der Waals surface area contributed by atoms with Crippen molar-refractivity contribution in [1.82, 2.24) is 15.2 Å². The molecule has 104 valence electrons. The largest absolute Gasteiger partial charge is 0.314 e. The van der Waals surface area contributed by atoms with E-state index < -0.39 is 0 Å². The zero-order valence-corrected chi connectivity index (χ0v) is 12.0. The molecule has 0 atom stereocenters. The zero-order valence-electron chi connectivity index (χ0n) is 12.0. The van der Waals surface area contributed by atoms with E-state index in [1.165, 1.54) is 5.56 Å². The molecule has 1 aromatic heterocycles.